The molecule has 0 radical (unpaired) electrons. The second-order valence-corrected chi connectivity index (χ2v) is 5.71. The maximum Gasteiger partial charge on any atom is 0.336 e. The van der Waals surface area contributed by atoms with Crippen molar-refractivity contribution >= 4 is 21.9 Å². The van der Waals surface area contributed by atoms with E-state index < -0.39 is 0 Å². The van der Waals surface area contributed by atoms with Gasteiger partial charge < -0.3 is 9.15 Å². The maximum absolute atomic E-state index is 11.8. The number of pyridine rings is 1. The van der Waals surface area contributed by atoms with Gasteiger partial charge in [-0.05, 0) is 31.2 Å². The van der Waals surface area contributed by atoms with Crippen molar-refractivity contribution in [3.63, 3.8) is 0 Å². The van der Waals surface area contributed by atoms with Gasteiger partial charge in [-0.25, -0.2) is 4.79 Å². The van der Waals surface area contributed by atoms with E-state index in [9.17, 15) is 4.79 Å². The molecule has 24 heavy (non-hydrogen) atoms. The van der Waals surface area contributed by atoms with Crippen LogP contribution in [-0.4, -0.2) is 4.98 Å². The fourth-order valence-electron chi connectivity index (χ4n) is 2.81. The lowest BCUT2D eigenvalue weighted by Gasteiger charge is -2.10. The molecule has 0 fully saturated rings. The van der Waals surface area contributed by atoms with Gasteiger partial charge in [0.25, 0.3) is 0 Å². The molecule has 2 aromatic heterocycles. The molecule has 0 atom stereocenters. The Hall–Kier alpha value is -3.14. The van der Waals surface area contributed by atoms with Crippen molar-refractivity contribution in [2.45, 2.75) is 13.5 Å². The number of benzene rings is 2. The zero-order chi connectivity index (χ0) is 16.5. The Kier molecular flexibility index (Phi) is 3.50. The molecule has 0 bridgehead atoms. The van der Waals surface area contributed by atoms with Gasteiger partial charge in [-0.2, -0.15) is 0 Å². The van der Waals surface area contributed by atoms with E-state index in [2.05, 4.69) is 4.98 Å². The van der Waals surface area contributed by atoms with Crippen LogP contribution < -0.4 is 10.4 Å². The summed E-state index contributed by atoms with van der Waals surface area (Å²) in [4.78, 5) is 16.2. The highest BCUT2D eigenvalue weighted by Gasteiger charge is 2.08. The number of nitrogens with zero attached hydrogens (tertiary/aromatic N) is 1. The Bertz CT molecular complexity index is 1090. The number of para-hydroxylation sites is 1. The summed E-state index contributed by atoms with van der Waals surface area (Å²) in [6.07, 6.45) is 1.74. The summed E-state index contributed by atoms with van der Waals surface area (Å²) in [6.45, 7) is 2.28. The van der Waals surface area contributed by atoms with Crippen molar-refractivity contribution in [2.24, 2.45) is 0 Å². The third-order valence-corrected chi connectivity index (χ3v) is 3.96. The second kappa shape index (κ2) is 5.81. The van der Waals surface area contributed by atoms with Crippen molar-refractivity contribution in [1.29, 1.82) is 0 Å². The molecule has 2 heterocycles. The van der Waals surface area contributed by atoms with Crippen LogP contribution in [-0.2, 0) is 6.61 Å². The standard InChI is InChI=1S/C20H15NO3/c1-13-7-8-17-16(10-13)15(11-19(22)24-17)12-23-18-6-2-4-14-5-3-9-21-20(14)18/h2-11H,12H2,1H3. The topological polar surface area (TPSA) is 52.3 Å². The molecule has 4 heteroatoms. The second-order valence-electron chi connectivity index (χ2n) is 5.71. The SMILES string of the molecule is Cc1ccc2oc(=O)cc(COc3cccc4cccnc34)c2c1. The van der Waals surface area contributed by atoms with E-state index in [1.165, 1.54) is 6.07 Å². The van der Waals surface area contributed by atoms with Crippen LogP contribution in [0.5, 0.6) is 5.75 Å². The molecule has 4 rings (SSSR count). The van der Waals surface area contributed by atoms with Crippen LogP contribution in [0.1, 0.15) is 11.1 Å². The van der Waals surface area contributed by atoms with E-state index in [4.69, 9.17) is 9.15 Å². The molecule has 0 saturated heterocycles. The van der Waals surface area contributed by atoms with Crippen LogP contribution in [0.4, 0.5) is 0 Å². The Morgan fingerprint density at radius 3 is 2.88 bits per heavy atom. The minimum atomic E-state index is -0.374. The van der Waals surface area contributed by atoms with E-state index in [1.54, 1.807) is 6.20 Å². The van der Waals surface area contributed by atoms with Gasteiger partial charge in [0.15, 0.2) is 0 Å². The smallest absolute Gasteiger partial charge is 0.336 e. The normalized spacial score (nSPS) is 11.0. The fraction of sp³-hybridized carbons (Fsp3) is 0.100. The van der Waals surface area contributed by atoms with Crippen LogP contribution in [0.25, 0.3) is 21.9 Å². The van der Waals surface area contributed by atoms with Gasteiger partial charge in [-0.15, -0.1) is 0 Å². The van der Waals surface area contributed by atoms with E-state index in [-0.39, 0.29) is 12.2 Å². The Morgan fingerprint density at radius 1 is 1.08 bits per heavy atom. The van der Waals surface area contributed by atoms with Crippen LogP contribution in [0, 0.1) is 6.92 Å². The van der Waals surface area contributed by atoms with Crippen LogP contribution in [0.2, 0.25) is 0 Å². The quantitative estimate of drug-likeness (QED) is 0.531. The summed E-state index contributed by atoms with van der Waals surface area (Å²) in [6, 6.07) is 16.9. The molecule has 2 aromatic carbocycles. The Balaban J connectivity index is 1.74. The molecule has 4 nitrogen and oxygen atoms in total. The first-order valence-corrected chi connectivity index (χ1v) is 7.71. The largest absolute Gasteiger partial charge is 0.487 e. The number of aromatic nitrogens is 1. The number of hydrogen-bond acceptors (Lipinski definition) is 4. The maximum atomic E-state index is 11.8. The zero-order valence-electron chi connectivity index (χ0n) is 13.2. The van der Waals surface area contributed by atoms with Gasteiger partial charge in [0, 0.05) is 28.6 Å². The molecule has 0 spiro atoms. The lowest BCUT2D eigenvalue weighted by molar-refractivity contribution is 0.310. The highest BCUT2D eigenvalue weighted by atomic mass is 16.5. The summed E-state index contributed by atoms with van der Waals surface area (Å²) in [5, 5.41) is 1.91. The van der Waals surface area contributed by atoms with Gasteiger partial charge in [0.1, 0.15) is 23.5 Å². The van der Waals surface area contributed by atoms with E-state index >= 15 is 0 Å². The summed E-state index contributed by atoms with van der Waals surface area (Å²) in [5.41, 5.74) is 2.91. The van der Waals surface area contributed by atoms with Crippen molar-refractivity contribution in [3.05, 3.63) is 82.3 Å². The van der Waals surface area contributed by atoms with Crippen molar-refractivity contribution in [1.82, 2.24) is 4.98 Å². The predicted molar refractivity (Wildman–Crippen MR) is 93.3 cm³/mol. The number of rotatable bonds is 3. The molecule has 0 unspecified atom stereocenters. The van der Waals surface area contributed by atoms with Crippen molar-refractivity contribution in [2.75, 3.05) is 0 Å². The molecule has 0 amide bonds. The molecular formula is C20H15NO3. The molecule has 0 aliphatic heterocycles. The van der Waals surface area contributed by atoms with Crippen LogP contribution in [0.3, 0.4) is 0 Å². The highest BCUT2D eigenvalue weighted by molar-refractivity contribution is 5.84. The molecule has 4 aromatic rings. The van der Waals surface area contributed by atoms with Gasteiger partial charge in [0.2, 0.25) is 0 Å². The minimum Gasteiger partial charge on any atom is -0.487 e. The first kappa shape index (κ1) is 14.5. The first-order valence-electron chi connectivity index (χ1n) is 7.71. The first-order chi connectivity index (χ1) is 11.7. The summed E-state index contributed by atoms with van der Waals surface area (Å²) in [7, 11) is 0. The number of fused-ring (bicyclic) bond motifs is 2. The fourth-order valence-corrected chi connectivity index (χ4v) is 2.81. The van der Waals surface area contributed by atoms with E-state index in [1.807, 2.05) is 55.5 Å². The molecule has 0 aliphatic rings. The lowest BCUT2D eigenvalue weighted by Crippen LogP contribution is -2.04. The Morgan fingerprint density at radius 2 is 1.96 bits per heavy atom. The average molecular weight is 317 g/mol. The van der Waals surface area contributed by atoms with Gasteiger partial charge in [-0.1, -0.05) is 29.8 Å². The average Bonchev–Trinajstić information content (AvgIpc) is 2.60. The summed E-state index contributed by atoms with van der Waals surface area (Å²) >= 11 is 0. The molecule has 0 saturated carbocycles. The van der Waals surface area contributed by atoms with Crippen molar-refractivity contribution < 1.29 is 9.15 Å². The molecule has 0 N–H and O–H groups in total. The summed E-state index contributed by atoms with van der Waals surface area (Å²) in [5.74, 6) is 0.696. The van der Waals surface area contributed by atoms with E-state index in [0.29, 0.717) is 11.3 Å². The van der Waals surface area contributed by atoms with E-state index in [0.717, 1.165) is 27.4 Å². The van der Waals surface area contributed by atoms with Gasteiger partial charge in [0.05, 0.1) is 0 Å². The number of ether oxygens (including phenoxy) is 1. The third kappa shape index (κ3) is 2.63. The number of hydrogen-bond donors (Lipinski definition) is 0. The van der Waals surface area contributed by atoms with Gasteiger partial charge in [-0.3, -0.25) is 4.98 Å². The summed E-state index contributed by atoms with van der Waals surface area (Å²) < 4.78 is 11.2. The predicted octanol–water partition coefficient (Wildman–Crippen LogP) is 4.23. The minimum absolute atomic E-state index is 0.279. The highest BCUT2D eigenvalue weighted by Crippen LogP contribution is 2.25. The Labute approximate surface area is 138 Å². The molecular weight excluding hydrogens is 302 g/mol. The zero-order valence-corrected chi connectivity index (χ0v) is 13.2. The lowest BCUT2D eigenvalue weighted by atomic mass is 10.1. The van der Waals surface area contributed by atoms with Crippen LogP contribution in [0.15, 0.2) is 70.0 Å². The van der Waals surface area contributed by atoms with Crippen LogP contribution >= 0.6 is 0 Å². The monoisotopic (exact) mass is 317 g/mol. The number of aryl methyl sites for hydroxylation is 1. The van der Waals surface area contributed by atoms with Gasteiger partial charge >= 0.3 is 5.63 Å². The molecule has 118 valence electrons. The van der Waals surface area contributed by atoms with Crippen molar-refractivity contribution in [3.8, 4) is 5.75 Å². The molecule has 0 aliphatic carbocycles. The third-order valence-electron chi connectivity index (χ3n) is 3.96.